The van der Waals surface area contributed by atoms with Crippen LogP contribution in [0, 0.1) is 13.8 Å². The van der Waals surface area contributed by atoms with Crippen LogP contribution in [0.5, 0.6) is 0 Å². The number of carboxylic acid groups (broad SMARTS) is 1. The summed E-state index contributed by atoms with van der Waals surface area (Å²) in [5, 5.41) is 9.21. The quantitative estimate of drug-likeness (QED) is 0.815. The summed E-state index contributed by atoms with van der Waals surface area (Å²) in [6.45, 7) is 4.29. The van der Waals surface area contributed by atoms with Gasteiger partial charge in [0.05, 0.1) is 11.4 Å². The van der Waals surface area contributed by atoms with Crippen LogP contribution in [0.25, 0.3) is 0 Å². The molecule has 1 aromatic rings. The number of rotatable bonds is 3. The lowest BCUT2D eigenvalue weighted by molar-refractivity contribution is -0.137. The lowest BCUT2D eigenvalue weighted by Crippen LogP contribution is -2.07. The Morgan fingerprint density at radius 2 is 2.23 bits per heavy atom. The van der Waals surface area contributed by atoms with Crippen LogP contribution in [-0.4, -0.2) is 15.6 Å². The van der Waals surface area contributed by atoms with Gasteiger partial charge >= 0.3 is 5.97 Å². The lowest BCUT2D eigenvalue weighted by atomic mass is 10.4. The van der Waals surface area contributed by atoms with E-state index < -0.39 is 5.97 Å². The van der Waals surface area contributed by atoms with Gasteiger partial charge < -0.3 is 9.67 Å². The molecule has 0 radical (unpaired) electrons. The fourth-order valence-electron chi connectivity index (χ4n) is 1.31. The molecule has 0 atom stereocenters. The molecule has 1 N–H and O–H groups in total. The Morgan fingerprint density at radius 3 is 2.62 bits per heavy atom. The zero-order valence-electron chi connectivity index (χ0n) is 7.67. The Kier molecular flexibility index (Phi) is 2.98. The molecule has 0 fully saturated rings. The van der Waals surface area contributed by atoms with Crippen LogP contribution in [0.3, 0.4) is 0 Å². The number of nitrogens with zero attached hydrogens (tertiary/aromatic N) is 1. The van der Waals surface area contributed by atoms with Gasteiger partial charge in [0.25, 0.3) is 0 Å². The van der Waals surface area contributed by atoms with E-state index in [1.54, 1.807) is 0 Å². The van der Waals surface area contributed by atoms with Crippen LogP contribution in [0.15, 0.2) is 6.07 Å². The summed E-state index contributed by atoms with van der Waals surface area (Å²) < 4.78 is 1.91. The van der Waals surface area contributed by atoms with Crippen molar-refractivity contribution in [1.82, 2.24) is 4.57 Å². The van der Waals surface area contributed by atoms with E-state index in [-0.39, 0.29) is 6.42 Å². The third-order valence-corrected chi connectivity index (χ3v) is 2.44. The molecule has 0 bridgehead atoms. The second kappa shape index (κ2) is 3.83. The van der Waals surface area contributed by atoms with E-state index in [4.69, 9.17) is 16.7 Å². The normalized spacial score (nSPS) is 10.4. The first-order chi connectivity index (χ1) is 6.02. The van der Waals surface area contributed by atoms with Crippen molar-refractivity contribution in [2.75, 3.05) is 0 Å². The van der Waals surface area contributed by atoms with Crippen molar-refractivity contribution in [2.24, 2.45) is 0 Å². The van der Waals surface area contributed by atoms with Gasteiger partial charge in [-0.2, -0.15) is 0 Å². The van der Waals surface area contributed by atoms with E-state index in [9.17, 15) is 4.79 Å². The average Bonchev–Trinajstić information content (AvgIpc) is 2.24. The highest BCUT2D eigenvalue weighted by Gasteiger charge is 2.07. The number of aliphatic carboxylic acids is 1. The minimum atomic E-state index is -0.788. The molecule has 3 nitrogen and oxygen atoms in total. The maximum absolute atomic E-state index is 10.4. The summed E-state index contributed by atoms with van der Waals surface area (Å²) in [6, 6.07) is 1.85. The SMILES string of the molecule is Cc1cc(Cl)c(C)n1CCC(=O)O. The highest BCUT2D eigenvalue weighted by Crippen LogP contribution is 2.20. The molecule has 0 saturated heterocycles. The van der Waals surface area contributed by atoms with Gasteiger partial charge in [0, 0.05) is 17.9 Å². The van der Waals surface area contributed by atoms with Gasteiger partial charge in [-0.25, -0.2) is 0 Å². The number of carbonyl (C=O) groups is 1. The second-order valence-corrected chi connectivity index (χ2v) is 3.42. The molecular formula is C9H12ClNO2. The second-order valence-electron chi connectivity index (χ2n) is 3.01. The fourth-order valence-corrected chi connectivity index (χ4v) is 1.57. The van der Waals surface area contributed by atoms with Gasteiger partial charge in [-0.15, -0.1) is 0 Å². The van der Waals surface area contributed by atoms with E-state index >= 15 is 0 Å². The van der Waals surface area contributed by atoms with E-state index in [0.717, 1.165) is 11.4 Å². The van der Waals surface area contributed by atoms with Gasteiger partial charge in [0.15, 0.2) is 0 Å². The third kappa shape index (κ3) is 2.25. The van der Waals surface area contributed by atoms with E-state index in [1.807, 2.05) is 24.5 Å². The highest BCUT2D eigenvalue weighted by molar-refractivity contribution is 6.31. The van der Waals surface area contributed by atoms with Crippen molar-refractivity contribution in [3.8, 4) is 0 Å². The molecular weight excluding hydrogens is 190 g/mol. The molecule has 0 unspecified atom stereocenters. The van der Waals surface area contributed by atoms with E-state index in [1.165, 1.54) is 0 Å². The highest BCUT2D eigenvalue weighted by atomic mass is 35.5. The predicted molar refractivity (Wildman–Crippen MR) is 51.2 cm³/mol. The number of hydrogen-bond acceptors (Lipinski definition) is 1. The standard InChI is InChI=1S/C9H12ClNO2/c1-6-5-8(10)7(2)11(6)4-3-9(12)13/h5H,3-4H2,1-2H3,(H,12,13). The molecule has 1 rings (SSSR count). The van der Waals surface area contributed by atoms with Gasteiger partial charge in [0.2, 0.25) is 0 Å². The number of carboxylic acids is 1. The maximum Gasteiger partial charge on any atom is 0.305 e. The van der Waals surface area contributed by atoms with Crippen LogP contribution < -0.4 is 0 Å². The Hall–Kier alpha value is -0.960. The molecule has 0 aromatic carbocycles. The van der Waals surface area contributed by atoms with E-state index in [2.05, 4.69) is 0 Å². The van der Waals surface area contributed by atoms with Crippen LogP contribution >= 0.6 is 11.6 Å². The predicted octanol–water partition coefficient (Wildman–Crippen LogP) is 2.23. The average molecular weight is 202 g/mol. The Morgan fingerprint density at radius 1 is 1.62 bits per heavy atom. The summed E-state index contributed by atoms with van der Waals surface area (Å²) in [7, 11) is 0. The zero-order chi connectivity index (χ0) is 10.0. The van der Waals surface area contributed by atoms with Gasteiger partial charge in [-0.05, 0) is 19.9 Å². The van der Waals surface area contributed by atoms with Crippen LogP contribution in [-0.2, 0) is 11.3 Å². The van der Waals surface area contributed by atoms with Crippen LogP contribution in [0.2, 0.25) is 5.02 Å². The molecule has 1 aromatic heterocycles. The lowest BCUT2D eigenvalue weighted by Gasteiger charge is -2.06. The van der Waals surface area contributed by atoms with E-state index in [0.29, 0.717) is 11.6 Å². The van der Waals surface area contributed by atoms with Gasteiger partial charge in [0.1, 0.15) is 0 Å². The molecule has 0 aliphatic heterocycles. The van der Waals surface area contributed by atoms with Crippen LogP contribution in [0.4, 0.5) is 0 Å². The summed E-state index contributed by atoms with van der Waals surface area (Å²) >= 11 is 5.88. The molecule has 1 heterocycles. The van der Waals surface area contributed by atoms with Crippen molar-refractivity contribution in [2.45, 2.75) is 26.8 Å². The summed E-state index contributed by atoms with van der Waals surface area (Å²) in [4.78, 5) is 10.4. The maximum atomic E-state index is 10.4. The van der Waals surface area contributed by atoms with Crippen molar-refractivity contribution in [3.05, 3.63) is 22.5 Å². The molecule has 13 heavy (non-hydrogen) atoms. The van der Waals surface area contributed by atoms with Crippen LogP contribution in [0.1, 0.15) is 17.8 Å². The van der Waals surface area contributed by atoms with Crippen molar-refractivity contribution in [1.29, 1.82) is 0 Å². The number of aromatic nitrogens is 1. The molecule has 0 aliphatic carbocycles. The molecule has 72 valence electrons. The molecule has 0 amide bonds. The monoisotopic (exact) mass is 201 g/mol. The summed E-state index contributed by atoms with van der Waals surface area (Å²) in [5.41, 5.74) is 1.93. The Labute approximate surface area is 81.9 Å². The van der Waals surface area contributed by atoms with Crippen molar-refractivity contribution < 1.29 is 9.90 Å². The molecule has 4 heteroatoms. The topological polar surface area (TPSA) is 42.2 Å². The van der Waals surface area contributed by atoms with Gasteiger partial charge in [-0.3, -0.25) is 4.79 Å². The Bertz CT molecular complexity index is 331. The molecule has 0 aliphatic rings. The summed E-state index contributed by atoms with van der Waals surface area (Å²) in [5.74, 6) is -0.788. The first kappa shape index (κ1) is 10.1. The minimum absolute atomic E-state index is 0.132. The largest absolute Gasteiger partial charge is 0.481 e. The molecule has 0 spiro atoms. The number of hydrogen-bond donors (Lipinski definition) is 1. The van der Waals surface area contributed by atoms with Gasteiger partial charge in [-0.1, -0.05) is 11.6 Å². The molecule has 0 saturated carbocycles. The first-order valence-electron chi connectivity index (χ1n) is 4.06. The van der Waals surface area contributed by atoms with Crippen molar-refractivity contribution >= 4 is 17.6 Å². The fraction of sp³-hybridized carbons (Fsp3) is 0.444. The number of aryl methyl sites for hydroxylation is 1. The zero-order valence-corrected chi connectivity index (χ0v) is 8.43. The third-order valence-electron chi connectivity index (χ3n) is 2.06. The summed E-state index contributed by atoms with van der Waals surface area (Å²) in [6.07, 6.45) is 0.132. The number of halogens is 1. The first-order valence-corrected chi connectivity index (χ1v) is 4.44. The smallest absolute Gasteiger partial charge is 0.305 e. The minimum Gasteiger partial charge on any atom is -0.481 e. The Balaban J connectivity index is 2.81. The van der Waals surface area contributed by atoms with Crippen molar-refractivity contribution in [3.63, 3.8) is 0 Å².